The van der Waals surface area contributed by atoms with Gasteiger partial charge in [0.2, 0.25) is 0 Å². The van der Waals surface area contributed by atoms with Crippen LogP contribution in [0.4, 0.5) is 0 Å². The third kappa shape index (κ3) is 4.47. The highest BCUT2D eigenvalue weighted by Gasteiger charge is 2.23. The van der Waals surface area contributed by atoms with Crippen LogP contribution in [-0.2, 0) is 0 Å². The summed E-state index contributed by atoms with van der Waals surface area (Å²) in [6.45, 7) is 0.201. The minimum atomic E-state index is 0.201. The number of aliphatic hydroxyl groups excluding tert-OH is 1. The van der Waals surface area contributed by atoms with E-state index in [-0.39, 0.29) is 12.6 Å². The number of aromatic nitrogens is 1. The van der Waals surface area contributed by atoms with Crippen LogP contribution in [-0.4, -0.2) is 34.5 Å². The molecule has 0 spiro atoms. The highest BCUT2D eigenvalue weighted by atomic mass is 35.5. The molecule has 17 heavy (non-hydrogen) atoms. The fourth-order valence-corrected chi connectivity index (χ4v) is 2.81. The Bertz CT molecular complexity index is 360. The monoisotopic (exact) mass is 272 g/mol. The van der Waals surface area contributed by atoms with Crippen molar-refractivity contribution in [2.24, 2.45) is 0 Å². The van der Waals surface area contributed by atoms with Crippen LogP contribution in [0.3, 0.4) is 0 Å². The van der Waals surface area contributed by atoms with Crippen LogP contribution in [0.5, 0.6) is 0 Å². The summed E-state index contributed by atoms with van der Waals surface area (Å²) in [5.74, 6) is 0.918. The van der Waals surface area contributed by atoms with E-state index >= 15 is 0 Å². The van der Waals surface area contributed by atoms with Gasteiger partial charge in [0.05, 0.1) is 11.6 Å². The minimum Gasteiger partial charge on any atom is -0.395 e. The first kappa shape index (κ1) is 13.1. The molecule has 1 fully saturated rings. The number of halogens is 1. The second-order valence-electron chi connectivity index (χ2n) is 4.25. The maximum atomic E-state index is 9.24. The normalized spacial score (nSPS) is 17.1. The highest BCUT2D eigenvalue weighted by molar-refractivity contribution is 7.99. The van der Waals surface area contributed by atoms with E-state index in [0.29, 0.717) is 11.1 Å². The zero-order chi connectivity index (χ0) is 12.1. The van der Waals surface area contributed by atoms with Crippen molar-refractivity contribution in [3.8, 4) is 0 Å². The van der Waals surface area contributed by atoms with Gasteiger partial charge in [0.25, 0.3) is 0 Å². The van der Waals surface area contributed by atoms with Crippen LogP contribution in [0.15, 0.2) is 23.4 Å². The average Bonchev–Trinajstić information content (AvgIpc) is 3.14. The minimum absolute atomic E-state index is 0.201. The summed E-state index contributed by atoms with van der Waals surface area (Å²) in [6.07, 6.45) is 5.18. The van der Waals surface area contributed by atoms with Crippen molar-refractivity contribution in [2.75, 3.05) is 12.4 Å². The van der Waals surface area contributed by atoms with Crippen LogP contribution >= 0.6 is 23.4 Å². The quantitative estimate of drug-likeness (QED) is 0.748. The predicted molar refractivity (Wildman–Crippen MR) is 71.6 cm³/mol. The van der Waals surface area contributed by atoms with Crippen molar-refractivity contribution in [3.05, 3.63) is 23.4 Å². The first-order valence-corrected chi connectivity index (χ1v) is 7.26. The number of rotatable bonds is 7. The van der Waals surface area contributed by atoms with E-state index in [1.54, 1.807) is 18.0 Å². The molecule has 0 bridgehead atoms. The molecular formula is C12H17ClN2OS. The Kier molecular flexibility index (Phi) is 5.10. The van der Waals surface area contributed by atoms with E-state index in [9.17, 15) is 5.11 Å². The molecule has 1 heterocycles. The number of hydrogen-bond acceptors (Lipinski definition) is 4. The number of thioether (sulfide) groups is 1. The van der Waals surface area contributed by atoms with Crippen molar-refractivity contribution >= 4 is 23.4 Å². The summed E-state index contributed by atoms with van der Waals surface area (Å²) in [4.78, 5) is 4.22. The van der Waals surface area contributed by atoms with E-state index in [4.69, 9.17) is 11.6 Å². The first-order chi connectivity index (χ1) is 8.29. The van der Waals surface area contributed by atoms with Crippen molar-refractivity contribution < 1.29 is 5.11 Å². The largest absolute Gasteiger partial charge is 0.395 e. The van der Waals surface area contributed by atoms with Gasteiger partial charge < -0.3 is 10.4 Å². The number of aliphatic hydroxyl groups is 1. The lowest BCUT2D eigenvalue weighted by Gasteiger charge is -2.15. The maximum absolute atomic E-state index is 9.24. The lowest BCUT2D eigenvalue weighted by Crippen LogP contribution is -2.34. The summed E-state index contributed by atoms with van der Waals surface area (Å²) in [5.41, 5.74) is 0. The van der Waals surface area contributed by atoms with Gasteiger partial charge in [-0.1, -0.05) is 11.6 Å². The van der Waals surface area contributed by atoms with E-state index in [0.717, 1.165) is 17.2 Å². The van der Waals surface area contributed by atoms with E-state index in [1.165, 1.54) is 12.8 Å². The Hall–Kier alpha value is -0.290. The van der Waals surface area contributed by atoms with Crippen molar-refractivity contribution in [1.29, 1.82) is 0 Å². The number of nitrogens with zero attached hydrogens (tertiary/aromatic N) is 1. The van der Waals surface area contributed by atoms with Crippen LogP contribution in [0.1, 0.15) is 19.3 Å². The van der Waals surface area contributed by atoms with Gasteiger partial charge in [0, 0.05) is 24.0 Å². The van der Waals surface area contributed by atoms with Gasteiger partial charge in [-0.15, -0.1) is 11.8 Å². The third-order valence-electron chi connectivity index (χ3n) is 2.70. The van der Waals surface area contributed by atoms with Gasteiger partial charge in [-0.2, -0.15) is 0 Å². The lowest BCUT2D eigenvalue weighted by molar-refractivity contribution is 0.239. The molecule has 94 valence electrons. The summed E-state index contributed by atoms with van der Waals surface area (Å²) in [5, 5.41) is 14.2. The Morgan fingerprint density at radius 1 is 1.59 bits per heavy atom. The SMILES string of the molecule is OCC(CCSc1ncccc1Cl)NC1CC1. The smallest absolute Gasteiger partial charge is 0.115 e. The molecule has 1 aliphatic carbocycles. The van der Waals surface area contributed by atoms with E-state index in [1.807, 2.05) is 12.1 Å². The molecule has 0 saturated heterocycles. The first-order valence-electron chi connectivity index (χ1n) is 5.90. The zero-order valence-corrected chi connectivity index (χ0v) is 11.2. The van der Waals surface area contributed by atoms with E-state index < -0.39 is 0 Å². The predicted octanol–water partition coefficient (Wildman–Crippen LogP) is 2.33. The summed E-state index contributed by atoms with van der Waals surface area (Å²) < 4.78 is 0. The van der Waals surface area contributed by atoms with Crippen LogP contribution in [0.25, 0.3) is 0 Å². The molecule has 1 aromatic heterocycles. The molecule has 0 radical (unpaired) electrons. The molecule has 1 aliphatic rings. The zero-order valence-electron chi connectivity index (χ0n) is 9.60. The molecule has 5 heteroatoms. The lowest BCUT2D eigenvalue weighted by atomic mass is 10.2. The molecule has 2 N–H and O–H groups in total. The standard InChI is InChI=1S/C12H17ClN2OS/c13-11-2-1-6-14-12(11)17-7-5-10(8-16)15-9-3-4-9/h1-2,6,9-10,15-16H,3-5,7-8H2. The molecule has 1 unspecified atom stereocenters. The highest BCUT2D eigenvalue weighted by Crippen LogP contribution is 2.25. The number of pyridine rings is 1. The molecule has 1 aromatic rings. The molecular weight excluding hydrogens is 256 g/mol. The van der Waals surface area contributed by atoms with Crippen LogP contribution in [0.2, 0.25) is 5.02 Å². The van der Waals surface area contributed by atoms with Gasteiger partial charge in [-0.3, -0.25) is 0 Å². The number of hydrogen-bond donors (Lipinski definition) is 2. The summed E-state index contributed by atoms with van der Waals surface area (Å²) >= 11 is 7.66. The topological polar surface area (TPSA) is 45.2 Å². The molecule has 1 atom stereocenters. The second-order valence-corrected chi connectivity index (χ2v) is 5.74. The van der Waals surface area contributed by atoms with E-state index in [2.05, 4.69) is 10.3 Å². The van der Waals surface area contributed by atoms with Gasteiger partial charge in [0.15, 0.2) is 0 Å². The fraction of sp³-hybridized carbons (Fsp3) is 0.583. The summed E-state index contributed by atoms with van der Waals surface area (Å²) in [7, 11) is 0. The number of nitrogens with one attached hydrogen (secondary N) is 1. The Morgan fingerprint density at radius 2 is 2.41 bits per heavy atom. The van der Waals surface area contributed by atoms with Gasteiger partial charge in [-0.05, 0) is 31.4 Å². The average molecular weight is 273 g/mol. The molecule has 1 saturated carbocycles. The second kappa shape index (κ2) is 6.59. The maximum Gasteiger partial charge on any atom is 0.115 e. The molecule has 0 aromatic carbocycles. The molecule has 0 amide bonds. The molecule has 0 aliphatic heterocycles. The van der Waals surface area contributed by atoms with Crippen molar-refractivity contribution in [1.82, 2.24) is 10.3 Å². The van der Waals surface area contributed by atoms with Crippen LogP contribution < -0.4 is 5.32 Å². The Labute approximate surface area is 111 Å². The molecule has 2 rings (SSSR count). The Morgan fingerprint density at radius 3 is 3.06 bits per heavy atom. The van der Waals surface area contributed by atoms with Crippen molar-refractivity contribution in [2.45, 2.75) is 36.4 Å². The van der Waals surface area contributed by atoms with Gasteiger partial charge in [0.1, 0.15) is 5.03 Å². The third-order valence-corrected chi connectivity index (χ3v) is 4.15. The summed E-state index contributed by atoms with van der Waals surface area (Å²) in [6, 6.07) is 4.52. The van der Waals surface area contributed by atoms with Crippen LogP contribution in [0, 0.1) is 0 Å². The van der Waals surface area contributed by atoms with Gasteiger partial charge >= 0.3 is 0 Å². The molecule has 3 nitrogen and oxygen atoms in total. The Balaban J connectivity index is 1.72. The van der Waals surface area contributed by atoms with Gasteiger partial charge in [-0.25, -0.2) is 4.98 Å². The van der Waals surface area contributed by atoms with Crippen molar-refractivity contribution in [3.63, 3.8) is 0 Å². The fourth-order valence-electron chi connectivity index (χ4n) is 1.59.